The first-order chi connectivity index (χ1) is 53.3. The summed E-state index contributed by atoms with van der Waals surface area (Å²) in [7, 11) is 0. The van der Waals surface area contributed by atoms with E-state index in [0.29, 0.717) is 23.0 Å². The lowest BCUT2D eigenvalue weighted by Gasteiger charge is -2.58. The topological polar surface area (TPSA) is 585 Å². The summed E-state index contributed by atoms with van der Waals surface area (Å²) in [5.74, 6) is 0.681. The second-order valence-corrected chi connectivity index (χ2v) is 34.7. The molecule has 0 aromatic rings. The van der Waals surface area contributed by atoms with E-state index in [4.69, 9.17) is 71.8 Å². The minimum atomic E-state index is -2.77. The van der Waals surface area contributed by atoms with Crippen molar-refractivity contribution in [3.05, 3.63) is 11.6 Å². The summed E-state index contributed by atoms with van der Waals surface area (Å²) < 4.78 is 69.1. The van der Waals surface area contributed by atoms with Crippen molar-refractivity contribution in [2.45, 2.75) is 388 Å². The van der Waals surface area contributed by atoms with E-state index in [1.165, 1.54) is 70.6 Å². The van der Waals surface area contributed by atoms with E-state index in [1.807, 2.05) is 0 Å². The second-order valence-electron chi connectivity index (χ2n) is 34.7. The molecule has 36 heteroatoms. The maximum Gasteiger partial charge on any atom is 0.226 e. The van der Waals surface area contributed by atoms with Crippen LogP contribution < -0.4 is 0 Å². The average Bonchev–Trinajstić information content (AvgIpc) is 1.43. The smallest absolute Gasteiger partial charge is 0.226 e. The third-order valence-electron chi connectivity index (χ3n) is 24.2. The van der Waals surface area contributed by atoms with E-state index in [1.54, 1.807) is 61.0 Å². The summed E-state index contributed by atoms with van der Waals surface area (Å²) in [5.41, 5.74) is 2.84. The highest BCUT2D eigenvalue weighted by atomic mass is 16.8. The zero-order chi connectivity index (χ0) is 85.7. The Morgan fingerprint density at radius 3 is 1.28 bits per heavy atom. The zero-order valence-corrected chi connectivity index (χ0v) is 68.9. The first kappa shape index (κ1) is 101. The highest BCUT2D eigenvalue weighted by Crippen LogP contribution is 2.67. The van der Waals surface area contributed by atoms with Crippen molar-refractivity contribution >= 4 is 0 Å². The molecular formula is C78H144O36. The van der Waals surface area contributed by atoms with Crippen LogP contribution in [0.1, 0.15) is 174 Å². The molecule has 9 fully saturated rings. The van der Waals surface area contributed by atoms with Crippen molar-refractivity contribution in [3.8, 4) is 0 Å². The fourth-order valence-corrected chi connectivity index (χ4v) is 17.9. The predicted molar refractivity (Wildman–Crippen MR) is 399 cm³/mol. The molecule has 0 aromatic carbocycles. The molecule has 3 saturated carbocycles. The molecule has 6 heterocycles. The van der Waals surface area contributed by atoms with Crippen LogP contribution in [-0.4, -0.2) is 378 Å². The molecule has 10 rings (SSSR count). The molecule has 0 aromatic heterocycles. The quantitative estimate of drug-likeness (QED) is 0.0297. The maximum absolute atomic E-state index is 10.7. The summed E-state index contributed by atoms with van der Waals surface area (Å²) >= 11 is 0. The molecule has 0 radical (unpaired) electrons. The SMILES string of the molecule is CC(C)CCCC(C)C1CCC2C3CC=C4C[C@@H](OC(C)C)CCC4(C)C3CCC12C.CC(C)OC[C@H]1O[C@@](CO)(O[C@H]2OC(CO)[C@@H](O)C(O)C2O)C(O)C1O.CC(C)O[C@H]1OC(CO)[C@@H](O)[C@H](O)C1O.CC(C)O[C@H]1OC(CO)[C@@](O)(O[C@@H]2OC(CO)[C@H](O)C(O)C2O)C(O)C1O.CC(C)O[C@H]1OC(CO)[C@H](O)[C@H](O)C1O. The monoisotopic (exact) mass is 1660 g/mol. The third kappa shape index (κ3) is 24.2. The van der Waals surface area contributed by atoms with Crippen molar-refractivity contribution in [2.75, 3.05) is 46.2 Å². The van der Waals surface area contributed by atoms with E-state index >= 15 is 0 Å². The Morgan fingerprint density at radius 2 is 0.860 bits per heavy atom. The number of ether oxygens (including phenoxy) is 13. The molecule has 10 aliphatic rings. The van der Waals surface area contributed by atoms with Gasteiger partial charge in [0.15, 0.2) is 31.5 Å². The molecule has 22 unspecified atom stereocenters. The summed E-state index contributed by atoms with van der Waals surface area (Å²) in [6.45, 7) is 26.8. The van der Waals surface area contributed by atoms with Gasteiger partial charge in [0.25, 0.3) is 0 Å². The van der Waals surface area contributed by atoms with Crippen LogP contribution in [0, 0.1) is 46.3 Å². The Kier molecular flexibility index (Phi) is 39.5. The molecule has 114 heavy (non-hydrogen) atoms. The van der Waals surface area contributed by atoms with Crippen molar-refractivity contribution in [1.82, 2.24) is 0 Å². The molecule has 0 spiro atoms. The molecule has 6 aliphatic heterocycles. The van der Waals surface area contributed by atoms with Gasteiger partial charge in [-0.1, -0.05) is 65.5 Å². The van der Waals surface area contributed by atoms with Crippen molar-refractivity contribution in [2.24, 2.45) is 46.3 Å². The van der Waals surface area contributed by atoms with Crippen molar-refractivity contribution in [3.63, 3.8) is 0 Å². The number of aliphatic hydroxyl groups is 23. The van der Waals surface area contributed by atoms with Crippen LogP contribution in [0.5, 0.6) is 0 Å². The molecule has 0 bridgehead atoms. The fraction of sp³-hybridized carbons (Fsp3) is 0.974. The van der Waals surface area contributed by atoms with Gasteiger partial charge in [-0.3, -0.25) is 0 Å². The molecule has 36 nitrogen and oxygen atoms in total. The minimum Gasteiger partial charge on any atom is -0.394 e. The molecule has 672 valence electrons. The van der Waals surface area contributed by atoms with Gasteiger partial charge >= 0.3 is 0 Å². The normalized spacial score (nSPS) is 45.1. The first-order valence-electron chi connectivity index (χ1n) is 40.8. The van der Waals surface area contributed by atoms with Gasteiger partial charge in [0, 0.05) is 0 Å². The molecule has 6 saturated heterocycles. The van der Waals surface area contributed by atoms with E-state index < -0.39 is 223 Å². The number of fused-ring (bicyclic) bond motifs is 5. The average molecular weight is 1660 g/mol. The predicted octanol–water partition coefficient (Wildman–Crippen LogP) is -3.36. The number of aliphatic hydroxyl groups excluding tert-OH is 22. The summed E-state index contributed by atoms with van der Waals surface area (Å²) in [4.78, 5) is 0. The molecule has 37 atom stereocenters. The highest BCUT2D eigenvalue weighted by Gasteiger charge is 2.63. The lowest BCUT2D eigenvalue weighted by atomic mass is 9.47. The van der Waals surface area contributed by atoms with Gasteiger partial charge in [-0.15, -0.1) is 0 Å². The number of hydrogen-bond donors (Lipinski definition) is 23. The van der Waals surface area contributed by atoms with Crippen molar-refractivity contribution < 1.29 is 179 Å². The van der Waals surface area contributed by atoms with Crippen LogP contribution in [-0.2, 0) is 61.6 Å². The minimum absolute atomic E-state index is 0.0876. The van der Waals surface area contributed by atoms with Crippen LogP contribution in [0.25, 0.3) is 0 Å². The fourth-order valence-electron chi connectivity index (χ4n) is 17.9. The maximum atomic E-state index is 10.7. The van der Waals surface area contributed by atoms with Crippen LogP contribution in [0.4, 0.5) is 0 Å². The Morgan fingerprint density at radius 1 is 0.421 bits per heavy atom. The van der Waals surface area contributed by atoms with Gasteiger partial charge in [-0.2, -0.15) is 0 Å². The molecule has 0 amide bonds. The molecular weight excluding hydrogens is 1510 g/mol. The standard InChI is InChI=1S/C30H52O.C15H28O12.C15H28O11.2C9H18O6/c1-20(2)9-8-10-22(5)26-13-14-27-25-12-11-23-19-24(31-21(3)4)15-17-29(23,6)28(25)16-18-30(26,27)7;1-5(2)24-13-11(21)12(22)15(23,7(4-17)26-13)27-14-10(20)9(19)8(18)6(3-16)25-14;1-6(2)23-4-8-10(19)13(22)15(5-17,25-8)26-14-12(21)11(20)9(18)7(3-16)24-14;2*1-4(2)14-9-8(13)7(12)6(11)5(3-10)15-9/h11,20-22,24-28H,8-10,12-19H2,1-7H3;5-14,16-23H,3-4H2,1-2H3;6-14,16-22H,3-5H2,1-2H3;2*4-13H,3H2,1-2H3/t22?,24-,25?,26?,27?,28?,29?,30?;6?,7?,8-,9?,10?,11?,12?,13-,14-,15+;7?,8-,9-,10?,11?,12?,13?,14-,15+;5?,6-,7+,8?,9+;5?,6-,7-,8?,9-/m00110/s1. The molecule has 23 N–H and O–H groups in total. The number of hydrogen-bond acceptors (Lipinski definition) is 36. The van der Waals surface area contributed by atoms with E-state index in [0.717, 1.165) is 35.5 Å². The van der Waals surface area contributed by atoms with Gasteiger partial charge < -0.3 is 179 Å². The number of allylic oxidation sites excluding steroid dienone is 1. The Bertz CT molecular complexity index is 2730. The number of rotatable bonds is 26. The zero-order valence-electron chi connectivity index (χ0n) is 68.9. The Labute approximate surface area is 669 Å². The van der Waals surface area contributed by atoms with Crippen LogP contribution in [0.15, 0.2) is 11.6 Å². The molecule has 4 aliphatic carbocycles. The largest absolute Gasteiger partial charge is 0.394 e. The van der Waals surface area contributed by atoms with Crippen LogP contribution in [0.2, 0.25) is 0 Å². The highest BCUT2D eigenvalue weighted by molar-refractivity contribution is 5.26. The van der Waals surface area contributed by atoms with Gasteiger partial charge in [0.2, 0.25) is 11.6 Å². The second kappa shape index (κ2) is 44.6. The lowest BCUT2D eigenvalue weighted by molar-refractivity contribution is -0.442. The van der Waals surface area contributed by atoms with Crippen molar-refractivity contribution in [1.29, 1.82) is 0 Å². The summed E-state index contributed by atoms with van der Waals surface area (Å²) in [5, 5.41) is 223. The van der Waals surface area contributed by atoms with Crippen LogP contribution in [0.3, 0.4) is 0 Å². The van der Waals surface area contributed by atoms with Crippen LogP contribution >= 0.6 is 0 Å². The van der Waals surface area contributed by atoms with E-state index in [-0.39, 0.29) is 24.9 Å². The first-order valence-corrected chi connectivity index (χ1v) is 40.8. The van der Waals surface area contributed by atoms with Gasteiger partial charge in [0.1, 0.15) is 141 Å². The van der Waals surface area contributed by atoms with Gasteiger partial charge in [0.05, 0.1) is 76.3 Å². The Hall–Kier alpha value is -1.70. The Balaban J connectivity index is 0.000000228. The van der Waals surface area contributed by atoms with E-state index in [9.17, 15) is 107 Å². The third-order valence-corrected chi connectivity index (χ3v) is 24.2. The summed E-state index contributed by atoms with van der Waals surface area (Å²) in [6.07, 6.45) is -21.3. The summed E-state index contributed by atoms with van der Waals surface area (Å²) in [6, 6.07) is 0. The lowest BCUT2D eigenvalue weighted by Crippen LogP contribution is -2.71. The van der Waals surface area contributed by atoms with Gasteiger partial charge in [-0.05, 0) is 167 Å². The van der Waals surface area contributed by atoms with E-state index in [2.05, 4.69) is 54.5 Å². The van der Waals surface area contributed by atoms with Gasteiger partial charge in [-0.25, -0.2) is 0 Å².